The third kappa shape index (κ3) is 4.56. The molecule has 0 amide bonds. The van der Waals surface area contributed by atoms with Crippen LogP contribution in [0.3, 0.4) is 0 Å². The van der Waals surface area contributed by atoms with Gasteiger partial charge in [0, 0.05) is 16.9 Å². The van der Waals surface area contributed by atoms with Crippen molar-refractivity contribution in [1.82, 2.24) is 10.4 Å². The summed E-state index contributed by atoms with van der Waals surface area (Å²) < 4.78 is 23.0. The summed E-state index contributed by atoms with van der Waals surface area (Å²) in [6.07, 6.45) is 3.26. The van der Waals surface area contributed by atoms with Crippen LogP contribution < -0.4 is 11.3 Å². The first-order valence-electron chi connectivity index (χ1n) is 4.67. The average molecular weight is 308 g/mol. The average Bonchev–Trinajstić information content (AvgIpc) is 2.20. The van der Waals surface area contributed by atoms with Crippen LogP contribution in [0.1, 0.15) is 18.2 Å². The summed E-state index contributed by atoms with van der Waals surface area (Å²) in [6.45, 7) is 0. The maximum atomic E-state index is 11.0. The molecular weight excluding hydrogens is 294 g/mol. The summed E-state index contributed by atoms with van der Waals surface area (Å²) in [4.78, 5) is 4.17. The topological polar surface area (TPSA) is 85.1 Å². The quantitative estimate of drug-likeness (QED) is 0.620. The number of hydrogen-bond acceptors (Lipinski definition) is 5. The number of aromatic nitrogens is 1. The molecule has 0 aromatic carbocycles. The van der Waals surface area contributed by atoms with Crippen molar-refractivity contribution >= 4 is 25.8 Å². The lowest BCUT2D eigenvalue weighted by atomic mass is 10.1. The molecule has 0 bridgehead atoms. The van der Waals surface area contributed by atoms with Gasteiger partial charge in [0.2, 0.25) is 0 Å². The summed E-state index contributed by atoms with van der Waals surface area (Å²) >= 11 is 3.28. The van der Waals surface area contributed by atoms with Crippen LogP contribution in [0, 0.1) is 0 Å². The van der Waals surface area contributed by atoms with Crippen molar-refractivity contribution in [1.29, 1.82) is 0 Å². The zero-order chi connectivity index (χ0) is 12.2. The van der Waals surface area contributed by atoms with Crippen LogP contribution >= 0.6 is 15.9 Å². The minimum Gasteiger partial charge on any atom is -0.271 e. The van der Waals surface area contributed by atoms with Crippen molar-refractivity contribution in [2.24, 2.45) is 5.84 Å². The molecule has 7 heteroatoms. The molecule has 1 unspecified atom stereocenters. The first-order chi connectivity index (χ1) is 7.42. The smallest absolute Gasteiger partial charge is 0.147 e. The van der Waals surface area contributed by atoms with E-state index in [9.17, 15) is 8.42 Å². The van der Waals surface area contributed by atoms with Gasteiger partial charge in [-0.15, -0.1) is 0 Å². The highest BCUT2D eigenvalue weighted by Crippen LogP contribution is 2.16. The Morgan fingerprint density at radius 1 is 1.56 bits per heavy atom. The van der Waals surface area contributed by atoms with E-state index >= 15 is 0 Å². The molecule has 0 aliphatic heterocycles. The Morgan fingerprint density at radius 3 is 2.69 bits per heavy atom. The number of rotatable bonds is 5. The number of halogens is 1. The normalized spacial score (nSPS) is 13.7. The van der Waals surface area contributed by atoms with E-state index in [-0.39, 0.29) is 11.8 Å². The third-order valence-electron chi connectivity index (χ3n) is 2.09. The molecule has 1 rings (SSSR count). The molecule has 0 spiro atoms. The lowest BCUT2D eigenvalue weighted by Gasteiger charge is -2.14. The highest BCUT2D eigenvalue weighted by atomic mass is 79.9. The molecule has 1 atom stereocenters. The van der Waals surface area contributed by atoms with E-state index in [0.717, 1.165) is 10.2 Å². The van der Waals surface area contributed by atoms with Gasteiger partial charge in [-0.1, -0.05) is 0 Å². The molecule has 0 saturated carbocycles. The molecule has 0 aliphatic rings. The van der Waals surface area contributed by atoms with Gasteiger partial charge in [0.05, 0.1) is 17.5 Å². The van der Waals surface area contributed by atoms with Gasteiger partial charge in [-0.25, -0.2) is 8.42 Å². The van der Waals surface area contributed by atoms with Crippen LogP contribution in [0.2, 0.25) is 0 Å². The SMILES string of the molecule is CS(=O)(=O)CCC(NN)c1ccc(Br)cn1. The minimum absolute atomic E-state index is 0.0829. The number of sulfone groups is 1. The van der Waals surface area contributed by atoms with Crippen LogP contribution in [-0.2, 0) is 9.84 Å². The van der Waals surface area contributed by atoms with E-state index in [1.807, 2.05) is 6.07 Å². The molecular formula is C9H14BrN3O2S. The van der Waals surface area contributed by atoms with E-state index in [4.69, 9.17) is 5.84 Å². The Morgan fingerprint density at radius 2 is 2.25 bits per heavy atom. The first-order valence-corrected chi connectivity index (χ1v) is 7.53. The molecule has 0 aliphatic carbocycles. The fraction of sp³-hybridized carbons (Fsp3) is 0.444. The second-order valence-electron chi connectivity index (χ2n) is 3.54. The monoisotopic (exact) mass is 307 g/mol. The summed E-state index contributed by atoms with van der Waals surface area (Å²) in [6, 6.07) is 3.40. The Balaban J connectivity index is 2.71. The Bertz CT molecular complexity index is 433. The Hall–Kier alpha value is -0.500. The van der Waals surface area contributed by atoms with Crippen LogP contribution in [-0.4, -0.2) is 25.4 Å². The van der Waals surface area contributed by atoms with Gasteiger partial charge in [-0.2, -0.15) is 0 Å². The highest BCUT2D eigenvalue weighted by Gasteiger charge is 2.13. The molecule has 0 saturated heterocycles. The molecule has 3 N–H and O–H groups in total. The fourth-order valence-electron chi connectivity index (χ4n) is 1.24. The fourth-order valence-corrected chi connectivity index (χ4v) is 2.14. The number of hydrazine groups is 1. The van der Waals surface area contributed by atoms with Gasteiger partial charge in [-0.3, -0.25) is 16.3 Å². The number of nitrogens with one attached hydrogen (secondary N) is 1. The summed E-state index contributed by atoms with van der Waals surface area (Å²) in [5.41, 5.74) is 3.30. The molecule has 16 heavy (non-hydrogen) atoms. The Kier molecular flexibility index (Phi) is 4.85. The van der Waals surface area contributed by atoms with Gasteiger partial charge in [0.15, 0.2) is 0 Å². The van der Waals surface area contributed by atoms with Gasteiger partial charge in [0.25, 0.3) is 0 Å². The number of hydrogen-bond donors (Lipinski definition) is 2. The molecule has 0 fully saturated rings. The van der Waals surface area contributed by atoms with Crippen molar-refractivity contribution in [3.63, 3.8) is 0 Å². The molecule has 1 aromatic heterocycles. The van der Waals surface area contributed by atoms with Gasteiger partial charge < -0.3 is 0 Å². The lowest BCUT2D eigenvalue weighted by molar-refractivity contribution is 0.520. The highest BCUT2D eigenvalue weighted by molar-refractivity contribution is 9.10. The maximum absolute atomic E-state index is 11.0. The van der Waals surface area contributed by atoms with Crippen molar-refractivity contribution in [3.05, 3.63) is 28.5 Å². The maximum Gasteiger partial charge on any atom is 0.147 e. The zero-order valence-electron chi connectivity index (χ0n) is 8.85. The number of nitrogens with two attached hydrogens (primary N) is 1. The second kappa shape index (κ2) is 5.72. The third-order valence-corrected chi connectivity index (χ3v) is 3.53. The Labute approximate surface area is 103 Å². The van der Waals surface area contributed by atoms with E-state index < -0.39 is 9.84 Å². The summed E-state index contributed by atoms with van der Waals surface area (Å²) in [5, 5.41) is 0. The van der Waals surface area contributed by atoms with E-state index in [2.05, 4.69) is 26.3 Å². The molecule has 1 heterocycles. The number of pyridine rings is 1. The number of nitrogens with zero attached hydrogens (tertiary/aromatic N) is 1. The summed E-state index contributed by atoms with van der Waals surface area (Å²) in [5.74, 6) is 5.46. The van der Waals surface area contributed by atoms with Crippen LogP contribution in [0.5, 0.6) is 0 Å². The van der Waals surface area contributed by atoms with Crippen molar-refractivity contribution in [3.8, 4) is 0 Å². The van der Waals surface area contributed by atoms with Gasteiger partial charge in [-0.05, 0) is 34.5 Å². The minimum atomic E-state index is -2.98. The van der Waals surface area contributed by atoms with Crippen LogP contribution in [0.15, 0.2) is 22.8 Å². The van der Waals surface area contributed by atoms with Crippen molar-refractivity contribution in [2.45, 2.75) is 12.5 Å². The largest absolute Gasteiger partial charge is 0.271 e. The molecule has 90 valence electrons. The van der Waals surface area contributed by atoms with E-state index in [1.165, 1.54) is 6.26 Å². The standard InChI is InChI=1S/C9H14BrN3O2S/c1-16(14,15)5-4-9(13-11)8-3-2-7(10)6-12-8/h2-3,6,9,13H,4-5,11H2,1H3. The van der Waals surface area contributed by atoms with E-state index in [1.54, 1.807) is 12.3 Å². The van der Waals surface area contributed by atoms with Crippen molar-refractivity contribution in [2.75, 3.05) is 12.0 Å². The van der Waals surface area contributed by atoms with E-state index in [0.29, 0.717) is 6.42 Å². The second-order valence-corrected chi connectivity index (χ2v) is 6.71. The predicted octanol–water partition coefficient (Wildman–Crippen LogP) is 0.783. The molecule has 0 radical (unpaired) electrons. The van der Waals surface area contributed by atoms with Crippen LogP contribution in [0.25, 0.3) is 0 Å². The predicted molar refractivity (Wildman–Crippen MR) is 66.3 cm³/mol. The zero-order valence-corrected chi connectivity index (χ0v) is 11.3. The van der Waals surface area contributed by atoms with Gasteiger partial charge in [0.1, 0.15) is 9.84 Å². The lowest BCUT2D eigenvalue weighted by Crippen LogP contribution is -2.30. The van der Waals surface area contributed by atoms with Crippen LogP contribution in [0.4, 0.5) is 0 Å². The van der Waals surface area contributed by atoms with Gasteiger partial charge >= 0.3 is 0 Å². The first kappa shape index (κ1) is 13.6. The molecule has 5 nitrogen and oxygen atoms in total. The molecule has 1 aromatic rings. The van der Waals surface area contributed by atoms with Crippen molar-refractivity contribution < 1.29 is 8.42 Å². The summed E-state index contributed by atoms with van der Waals surface area (Å²) in [7, 11) is -2.98.